The summed E-state index contributed by atoms with van der Waals surface area (Å²) in [5.74, 6) is -0.899. The van der Waals surface area contributed by atoms with Gasteiger partial charge in [-0.2, -0.15) is 0 Å². The lowest BCUT2D eigenvalue weighted by molar-refractivity contribution is 0.0470. The van der Waals surface area contributed by atoms with Crippen LogP contribution in [0.1, 0.15) is 37.5 Å². The Balaban J connectivity index is 1.81. The Bertz CT molecular complexity index is 963. The van der Waals surface area contributed by atoms with Crippen LogP contribution >= 0.6 is 0 Å². The van der Waals surface area contributed by atoms with Crippen molar-refractivity contribution in [1.82, 2.24) is 4.98 Å². The van der Waals surface area contributed by atoms with Crippen LogP contribution in [0.25, 0.3) is 10.9 Å². The van der Waals surface area contributed by atoms with Gasteiger partial charge in [-0.05, 0) is 43.2 Å². The summed E-state index contributed by atoms with van der Waals surface area (Å²) in [5.41, 5.74) is 9.26. The van der Waals surface area contributed by atoms with Gasteiger partial charge < -0.3 is 10.5 Å². The van der Waals surface area contributed by atoms with Crippen LogP contribution in [0.4, 0.5) is 0 Å². The molecule has 0 aliphatic rings. The topological polar surface area (TPSA) is 82.3 Å². The molecule has 0 saturated heterocycles. The Kier molecular flexibility index (Phi) is 4.48. The van der Waals surface area contributed by atoms with Gasteiger partial charge in [-0.15, -0.1) is 0 Å². The van der Waals surface area contributed by atoms with Crippen LogP contribution in [0.3, 0.4) is 0 Å². The predicted octanol–water partition coefficient (Wildman–Crippen LogP) is 3.31. The number of primary amides is 1. The number of aryl methyl sites for hydroxylation is 2. The smallest absolute Gasteiger partial charge is 0.340 e. The van der Waals surface area contributed by atoms with Gasteiger partial charge in [0.2, 0.25) is 5.91 Å². The third-order valence-electron chi connectivity index (χ3n) is 4.15. The van der Waals surface area contributed by atoms with E-state index in [4.69, 9.17) is 10.5 Å². The standard InChI is InChI=1S/C20H18N2O3/c1-12-16-5-3-4-6-17(16)22-13(2)18(12)20(24)25-11-14-7-9-15(10-8-14)19(21)23/h3-10H,11H2,1-2H3,(H2,21,23). The number of esters is 1. The Morgan fingerprint density at radius 1 is 1.04 bits per heavy atom. The van der Waals surface area contributed by atoms with Crippen molar-refractivity contribution >= 4 is 22.8 Å². The van der Waals surface area contributed by atoms with Gasteiger partial charge in [0.25, 0.3) is 0 Å². The third kappa shape index (κ3) is 3.35. The summed E-state index contributed by atoms with van der Waals surface area (Å²) in [6.07, 6.45) is 0. The van der Waals surface area contributed by atoms with E-state index in [0.717, 1.165) is 22.0 Å². The number of rotatable bonds is 4. The molecule has 5 heteroatoms. The molecule has 0 radical (unpaired) electrons. The van der Waals surface area contributed by atoms with Gasteiger partial charge in [0.05, 0.1) is 16.8 Å². The summed E-state index contributed by atoms with van der Waals surface area (Å²) in [5, 5.41) is 0.936. The highest BCUT2D eigenvalue weighted by Crippen LogP contribution is 2.23. The Hall–Kier alpha value is -3.21. The van der Waals surface area contributed by atoms with Crippen molar-refractivity contribution in [2.24, 2.45) is 5.73 Å². The molecular formula is C20H18N2O3. The van der Waals surface area contributed by atoms with E-state index in [2.05, 4.69) is 4.98 Å². The maximum atomic E-state index is 12.5. The van der Waals surface area contributed by atoms with Crippen molar-refractivity contribution in [1.29, 1.82) is 0 Å². The number of carbonyl (C=O) groups excluding carboxylic acids is 2. The second-order valence-corrected chi connectivity index (χ2v) is 5.85. The molecule has 1 heterocycles. The number of ether oxygens (including phenoxy) is 1. The van der Waals surface area contributed by atoms with E-state index in [0.29, 0.717) is 16.8 Å². The Labute approximate surface area is 145 Å². The number of nitrogens with zero attached hydrogens (tertiary/aromatic N) is 1. The lowest BCUT2D eigenvalue weighted by atomic mass is 10.0. The molecule has 0 aliphatic carbocycles. The maximum Gasteiger partial charge on any atom is 0.340 e. The van der Waals surface area contributed by atoms with Gasteiger partial charge in [0.15, 0.2) is 0 Å². The molecule has 1 aromatic heterocycles. The number of nitrogens with two attached hydrogens (primary N) is 1. The van der Waals surface area contributed by atoms with Crippen LogP contribution in [0.15, 0.2) is 48.5 Å². The van der Waals surface area contributed by atoms with Crippen molar-refractivity contribution in [3.8, 4) is 0 Å². The van der Waals surface area contributed by atoms with Crippen LogP contribution < -0.4 is 5.73 Å². The molecular weight excluding hydrogens is 316 g/mol. The number of amides is 1. The highest BCUT2D eigenvalue weighted by Gasteiger charge is 2.17. The third-order valence-corrected chi connectivity index (χ3v) is 4.15. The molecule has 5 nitrogen and oxygen atoms in total. The first kappa shape index (κ1) is 16.6. The lowest BCUT2D eigenvalue weighted by Gasteiger charge is -2.12. The second kappa shape index (κ2) is 6.73. The largest absolute Gasteiger partial charge is 0.457 e. The number of aromatic nitrogens is 1. The quantitative estimate of drug-likeness (QED) is 0.742. The minimum Gasteiger partial charge on any atom is -0.457 e. The van der Waals surface area contributed by atoms with Gasteiger partial charge in [0.1, 0.15) is 6.61 Å². The molecule has 0 bridgehead atoms. The van der Waals surface area contributed by atoms with E-state index in [-0.39, 0.29) is 6.61 Å². The van der Waals surface area contributed by atoms with Crippen LogP contribution in [-0.4, -0.2) is 16.9 Å². The molecule has 3 aromatic rings. The zero-order chi connectivity index (χ0) is 18.0. The van der Waals surface area contributed by atoms with Crippen LogP contribution in [0.2, 0.25) is 0 Å². The zero-order valence-corrected chi connectivity index (χ0v) is 14.1. The van der Waals surface area contributed by atoms with Gasteiger partial charge in [-0.3, -0.25) is 9.78 Å². The van der Waals surface area contributed by atoms with Crippen molar-refractivity contribution in [3.63, 3.8) is 0 Å². The monoisotopic (exact) mass is 334 g/mol. The fourth-order valence-electron chi connectivity index (χ4n) is 2.82. The number of fused-ring (bicyclic) bond motifs is 1. The Morgan fingerprint density at radius 2 is 1.72 bits per heavy atom. The number of benzene rings is 2. The van der Waals surface area contributed by atoms with Crippen molar-refractivity contribution < 1.29 is 14.3 Å². The van der Waals surface area contributed by atoms with E-state index in [1.54, 1.807) is 31.2 Å². The minimum atomic E-state index is -0.489. The Morgan fingerprint density at radius 3 is 2.40 bits per heavy atom. The lowest BCUT2D eigenvalue weighted by Crippen LogP contribution is -2.12. The molecule has 2 N–H and O–H groups in total. The van der Waals surface area contributed by atoms with Crippen molar-refractivity contribution in [3.05, 3.63) is 76.5 Å². The van der Waals surface area contributed by atoms with Crippen molar-refractivity contribution in [2.45, 2.75) is 20.5 Å². The summed E-state index contributed by atoms with van der Waals surface area (Å²) in [6.45, 7) is 3.82. The fraction of sp³-hybridized carbons (Fsp3) is 0.150. The van der Waals surface area contributed by atoms with Gasteiger partial charge >= 0.3 is 5.97 Å². The number of carbonyl (C=O) groups is 2. The maximum absolute atomic E-state index is 12.5. The molecule has 0 spiro atoms. The molecule has 0 atom stereocenters. The number of pyridine rings is 1. The SMILES string of the molecule is Cc1nc2ccccc2c(C)c1C(=O)OCc1ccc(C(N)=O)cc1. The molecule has 0 fully saturated rings. The predicted molar refractivity (Wildman–Crippen MR) is 95.3 cm³/mol. The molecule has 0 unspecified atom stereocenters. The molecule has 0 aliphatic heterocycles. The van der Waals surface area contributed by atoms with E-state index >= 15 is 0 Å². The molecule has 126 valence electrons. The fourth-order valence-corrected chi connectivity index (χ4v) is 2.82. The van der Waals surface area contributed by atoms with E-state index in [1.807, 2.05) is 31.2 Å². The van der Waals surface area contributed by atoms with Crippen LogP contribution in [-0.2, 0) is 11.3 Å². The highest BCUT2D eigenvalue weighted by molar-refractivity contribution is 5.98. The van der Waals surface area contributed by atoms with E-state index in [9.17, 15) is 9.59 Å². The summed E-state index contributed by atoms with van der Waals surface area (Å²) in [7, 11) is 0. The zero-order valence-electron chi connectivity index (χ0n) is 14.1. The summed E-state index contributed by atoms with van der Waals surface area (Å²) in [4.78, 5) is 28.1. The number of para-hydroxylation sites is 1. The van der Waals surface area contributed by atoms with Crippen LogP contribution in [0.5, 0.6) is 0 Å². The van der Waals surface area contributed by atoms with Gasteiger partial charge in [-0.25, -0.2) is 4.79 Å². The van der Waals surface area contributed by atoms with Crippen LogP contribution in [0, 0.1) is 13.8 Å². The highest BCUT2D eigenvalue weighted by atomic mass is 16.5. The molecule has 0 saturated carbocycles. The van der Waals surface area contributed by atoms with E-state index < -0.39 is 11.9 Å². The second-order valence-electron chi connectivity index (χ2n) is 5.85. The minimum absolute atomic E-state index is 0.115. The molecule has 1 amide bonds. The molecule has 25 heavy (non-hydrogen) atoms. The van der Waals surface area contributed by atoms with Gasteiger partial charge in [0, 0.05) is 10.9 Å². The summed E-state index contributed by atoms with van der Waals surface area (Å²) < 4.78 is 5.43. The molecule has 2 aromatic carbocycles. The van der Waals surface area contributed by atoms with Crippen molar-refractivity contribution in [2.75, 3.05) is 0 Å². The first-order valence-electron chi connectivity index (χ1n) is 7.89. The average molecular weight is 334 g/mol. The molecule has 3 rings (SSSR count). The first-order valence-corrected chi connectivity index (χ1v) is 7.89. The normalized spacial score (nSPS) is 10.6. The first-order chi connectivity index (χ1) is 12.0. The summed E-state index contributed by atoms with van der Waals surface area (Å²) in [6, 6.07) is 14.3. The summed E-state index contributed by atoms with van der Waals surface area (Å²) >= 11 is 0. The van der Waals surface area contributed by atoms with E-state index in [1.165, 1.54) is 0 Å². The number of hydrogen-bond donors (Lipinski definition) is 1. The average Bonchev–Trinajstić information content (AvgIpc) is 2.60. The number of hydrogen-bond acceptors (Lipinski definition) is 4. The van der Waals surface area contributed by atoms with Gasteiger partial charge in [-0.1, -0.05) is 30.3 Å².